The number of nitriles is 2. The minimum atomic E-state index is -0.589. The minimum Gasteiger partial charge on any atom is -0.258 e. The van der Waals surface area contributed by atoms with E-state index in [1.165, 1.54) is 6.07 Å². The summed E-state index contributed by atoms with van der Waals surface area (Å²) in [5.74, 6) is 0. The van der Waals surface area contributed by atoms with Crippen molar-refractivity contribution in [3.63, 3.8) is 0 Å². The fraction of sp³-hybridized carbons (Fsp3) is 0.200. The number of hydrogen-bond acceptors (Lipinski definition) is 4. The largest absolute Gasteiger partial charge is 0.290 e. The third kappa shape index (κ3) is 1.92. The van der Waals surface area contributed by atoms with Crippen LogP contribution in [0.5, 0.6) is 0 Å². The van der Waals surface area contributed by atoms with E-state index in [2.05, 4.69) is 0 Å². The first-order valence-electron chi connectivity index (χ1n) is 4.15. The molecule has 0 heterocycles. The molecule has 5 nitrogen and oxygen atoms in total. The number of nitrogens with zero attached hydrogens (tertiary/aromatic N) is 3. The maximum absolute atomic E-state index is 10.7. The molecule has 0 atom stereocenters. The lowest BCUT2D eigenvalue weighted by Gasteiger charge is -2.03. The van der Waals surface area contributed by atoms with E-state index in [-0.39, 0.29) is 17.7 Å². The van der Waals surface area contributed by atoms with Crippen LogP contribution in [-0.4, -0.2) is 4.92 Å². The summed E-state index contributed by atoms with van der Waals surface area (Å²) in [7, 11) is 0. The standard InChI is InChI=1S/C10H7N3O2/c1-7-8(4-5-11)2-3-9(6-12)10(7)13(14)15/h2-3H,4H2,1H3. The van der Waals surface area contributed by atoms with Gasteiger partial charge in [-0.15, -0.1) is 0 Å². The molecule has 0 radical (unpaired) electrons. The molecular formula is C10H7N3O2. The van der Waals surface area contributed by atoms with Gasteiger partial charge in [-0.3, -0.25) is 10.1 Å². The van der Waals surface area contributed by atoms with Crippen molar-refractivity contribution in [2.24, 2.45) is 0 Å². The highest BCUT2D eigenvalue weighted by Gasteiger charge is 2.19. The molecule has 0 aliphatic carbocycles. The van der Waals surface area contributed by atoms with Crippen molar-refractivity contribution < 1.29 is 4.92 Å². The Bertz CT molecular complexity index is 495. The molecular weight excluding hydrogens is 194 g/mol. The average molecular weight is 201 g/mol. The zero-order valence-electron chi connectivity index (χ0n) is 8.02. The third-order valence-electron chi connectivity index (χ3n) is 2.12. The molecule has 0 aliphatic heterocycles. The molecule has 0 aromatic heterocycles. The van der Waals surface area contributed by atoms with Crippen LogP contribution in [0.3, 0.4) is 0 Å². The van der Waals surface area contributed by atoms with Crippen molar-refractivity contribution in [3.05, 3.63) is 38.9 Å². The zero-order chi connectivity index (χ0) is 11.4. The Morgan fingerprint density at radius 1 is 1.47 bits per heavy atom. The number of rotatable bonds is 2. The second-order valence-electron chi connectivity index (χ2n) is 2.95. The van der Waals surface area contributed by atoms with Crippen molar-refractivity contribution in [1.82, 2.24) is 0 Å². The van der Waals surface area contributed by atoms with Crippen LogP contribution in [0.4, 0.5) is 5.69 Å². The van der Waals surface area contributed by atoms with Gasteiger partial charge in [-0.1, -0.05) is 6.07 Å². The Hall–Kier alpha value is -2.40. The summed E-state index contributed by atoms with van der Waals surface area (Å²) in [5, 5.41) is 27.9. The first kappa shape index (κ1) is 10.7. The predicted molar refractivity (Wildman–Crippen MR) is 51.9 cm³/mol. The normalized spacial score (nSPS) is 9.00. The van der Waals surface area contributed by atoms with Gasteiger partial charge >= 0.3 is 0 Å². The smallest absolute Gasteiger partial charge is 0.258 e. The second kappa shape index (κ2) is 4.21. The van der Waals surface area contributed by atoms with E-state index in [1.54, 1.807) is 19.1 Å². The van der Waals surface area contributed by atoms with E-state index in [0.717, 1.165) is 0 Å². The van der Waals surface area contributed by atoms with Gasteiger partial charge in [-0.05, 0) is 18.6 Å². The molecule has 5 heteroatoms. The Kier molecular flexibility index (Phi) is 3.00. The first-order valence-corrected chi connectivity index (χ1v) is 4.15. The molecule has 1 aromatic rings. The van der Waals surface area contributed by atoms with E-state index in [0.29, 0.717) is 11.1 Å². The zero-order valence-corrected chi connectivity index (χ0v) is 8.02. The number of nitro benzene ring substituents is 1. The number of hydrogen-bond donors (Lipinski definition) is 0. The molecule has 1 aromatic carbocycles. The monoisotopic (exact) mass is 201 g/mol. The van der Waals surface area contributed by atoms with Gasteiger partial charge in [0.2, 0.25) is 0 Å². The van der Waals surface area contributed by atoms with Crippen LogP contribution in [-0.2, 0) is 6.42 Å². The third-order valence-corrected chi connectivity index (χ3v) is 2.12. The van der Waals surface area contributed by atoms with Gasteiger partial charge in [0.25, 0.3) is 5.69 Å². The Labute approximate surface area is 86.3 Å². The van der Waals surface area contributed by atoms with E-state index in [9.17, 15) is 10.1 Å². The van der Waals surface area contributed by atoms with Crippen LogP contribution in [0.1, 0.15) is 16.7 Å². The van der Waals surface area contributed by atoms with Gasteiger partial charge in [-0.2, -0.15) is 10.5 Å². The van der Waals surface area contributed by atoms with Crippen molar-refractivity contribution >= 4 is 5.69 Å². The first-order chi connectivity index (χ1) is 7.11. The van der Waals surface area contributed by atoms with Gasteiger partial charge in [-0.25, -0.2) is 0 Å². The summed E-state index contributed by atoms with van der Waals surface area (Å²) in [6, 6.07) is 6.63. The van der Waals surface area contributed by atoms with Crippen LogP contribution >= 0.6 is 0 Å². The van der Waals surface area contributed by atoms with Crippen molar-refractivity contribution in [2.45, 2.75) is 13.3 Å². The lowest BCUT2D eigenvalue weighted by atomic mass is 10.0. The Morgan fingerprint density at radius 2 is 2.13 bits per heavy atom. The van der Waals surface area contributed by atoms with Gasteiger partial charge in [0, 0.05) is 5.56 Å². The summed E-state index contributed by atoms with van der Waals surface area (Å²) in [5.41, 5.74) is 0.799. The van der Waals surface area contributed by atoms with Crippen LogP contribution in [0.25, 0.3) is 0 Å². The summed E-state index contributed by atoms with van der Waals surface area (Å²) < 4.78 is 0. The second-order valence-corrected chi connectivity index (χ2v) is 2.95. The van der Waals surface area contributed by atoms with Gasteiger partial charge in [0.1, 0.15) is 11.6 Å². The van der Waals surface area contributed by atoms with Crippen LogP contribution in [0, 0.1) is 39.7 Å². The molecule has 74 valence electrons. The highest BCUT2D eigenvalue weighted by Crippen LogP contribution is 2.25. The molecule has 0 bridgehead atoms. The minimum absolute atomic E-state index is 0.0270. The molecule has 0 aliphatic rings. The molecule has 0 amide bonds. The summed E-state index contributed by atoms with van der Waals surface area (Å²) >= 11 is 0. The van der Waals surface area contributed by atoms with Crippen molar-refractivity contribution in [1.29, 1.82) is 10.5 Å². The van der Waals surface area contributed by atoms with Crippen LogP contribution < -0.4 is 0 Å². The Morgan fingerprint density at radius 3 is 2.60 bits per heavy atom. The highest BCUT2D eigenvalue weighted by molar-refractivity contribution is 5.56. The van der Waals surface area contributed by atoms with E-state index >= 15 is 0 Å². The summed E-state index contributed by atoms with van der Waals surface area (Å²) in [4.78, 5) is 10.1. The number of benzene rings is 1. The Balaban J connectivity index is 3.45. The van der Waals surface area contributed by atoms with Gasteiger partial charge < -0.3 is 0 Å². The number of nitro groups is 1. The van der Waals surface area contributed by atoms with Crippen molar-refractivity contribution in [2.75, 3.05) is 0 Å². The van der Waals surface area contributed by atoms with Gasteiger partial charge in [0.05, 0.1) is 17.4 Å². The SMILES string of the molecule is Cc1c(CC#N)ccc(C#N)c1[N+](=O)[O-]. The lowest BCUT2D eigenvalue weighted by molar-refractivity contribution is -0.385. The van der Waals surface area contributed by atoms with Gasteiger partial charge in [0.15, 0.2) is 0 Å². The van der Waals surface area contributed by atoms with Crippen LogP contribution in [0.2, 0.25) is 0 Å². The van der Waals surface area contributed by atoms with Crippen molar-refractivity contribution in [3.8, 4) is 12.1 Å². The lowest BCUT2D eigenvalue weighted by Crippen LogP contribution is -1.99. The summed E-state index contributed by atoms with van der Waals surface area (Å²) in [6.45, 7) is 1.55. The molecule has 0 N–H and O–H groups in total. The van der Waals surface area contributed by atoms with E-state index in [4.69, 9.17) is 10.5 Å². The predicted octanol–water partition coefficient (Wildman–Crippen LogP) is 1.84. The average Bonchev–Trinajstić information content (AvgIpc) is 2.20. The molecule has 1 rings (SSSR count). The topological polar surface area (TPSA) is 90.7 Å². The fourth-order valence-corrected chi connectivity index (χ4v) is 1.34. The summed E-state index contributed by atoms with van der Waals surface area (Å²) in [6.07, 6.45) is 0.110. The molecule has 0 fully saturated rings. The molecule has 0 saturated heterocycles. The van der Waals surface area contributed by atoms with E-state index < -0.39 is 4.92 Å². The van der Waals surface area contributed by atoms with E-state index in [1.807, 2.05) is 6.07 Å². The maximum Gasteiger partial charge on any atom is 0.290 e. The maximum atomic E-state index is 10.7. The highest BCUT2D eigenvalue weighted by atomic mass is 16.6. The molecule has 0 spiro atoms. The molecule has 0 unspecified atom stereocenters. The van der Waals surface area contributed by atoms with Crippen LogP contribution in [0.15, 0.2) is 12.1 Å². The molecule has 15 heavy (non-hydrogen) atoms. The quantitative estimate of drug-likeness (QED) is 0.539. The fourth-order valence-electron chi connectivity index (χ4n) is 1.34. The molecule has 0 saturated carbocycles.